The summed E-state index contributed by atoms with van der Waals surface area (Å²) in [4.78, 5) is 0. The van der Waals surface area contributed by atoms with Crippen LogP contribution in [0.4, 0.5) is 0 Å². The predicted octanol–water partition coefficient (Wildman–Crippen LogP) is 3.94. The molecule has 0 saturated heterocycles. The summed E-state index contributed by atoms with van der Waals surface area (Å²) >= 11 is 0. The standard InChI is InChI=1S/C14H31N/c1-8-13(10-15-7)9-11(2)12(3)14(4,5)6/h11-13,15H,8-10H2,1-7H3. The molecule has 0 heterocycles. The van der Waals surface area contributed by atoms with Gasteiger partial charge in [0.05, 0.1) is 0 Å². The van der Waals surface area contributed by atoms with Gasteiger partial charge >= 0.3 is 0 Å². The average molecular weight is 213 g/mol. The minimum Gasteiger partial charge on any atom is -0.319 e. The van der Waals surface area contributed by atoms with Gasteiger partial charge in [0.15, 0.2) is 0 Å². The predicted molar refractivity (Wildman–Crippen MR) is 70.1 cm³/mol. The van der Waals surface area contributed by atoms with Crippen LogP contribution in [0, 0.1) is 23.2 Å². The van der Waals surface area contributed by atoms with Gasteiger partial charge < -0.3 is 5.32 Å². The zero-order valence-electron chi connectivity index (χ0n) is 11.9. The van der Waals surface area contributed by atoms with Crippen LogP contribution in [0.1, 0.15) is 54.4 Å². The monoisotopic (exact) mass is 213 g/mol. The van der Waals surface area contributed by atoms with E-state index in [4.69, 9.17) is 0 Å². The van der Waals surface area contributed by atoms with Crippen molar-refractivity contribution in [3.05, 3.63) is 0 Å². The Morgan fingerprint density at radius 1 is 1.13 bits per heavy atom. The van der Waals surface area contributed by atoms with Gasteiger partial charge in [-0.05, 0) is 43.2 Å². The Morgan fingerprint density at radius 3 is 2.00 bits per heavy atom. The van der Waals surface area contributed by atoms with Crippen LogP contribution in [0.3, 0.4) is 0 Å². The molecule has 0 aromatic carbocycles. The second kappa shape index (κ2) is 6.52. The van der Waals surface area contributed by atoms with Gasteiger partial charge in [0, 0.05) is 0 Å². The van der Waals surface area contributed by atoms with Gasteiger partial charge in [-0.3, -0.25) is 0 Å². The van der Waals surface area contributed by atoms with Crippen LogP contribution in [0.5, 0.6) is 0 Å². The van der Waals surface area contributed by atoms with Gasteiger partial charge in [-0.2, -0.15) is 0 Å². The summed E-state index contributed by atoms with van der Waals surface area (Å²) in [7, 11) is 2.06. The summed E-state index contributed by atoms with van der Waals surface area (Å²) in [6.45, 7) is 15.3. The SMILES string of the molecule is CCC(CNC)CC(C)C(C)C(C)(C)C. The lowest BCUT2D eigenvalue weighted by molar-refractivity contribution is 0.162. The molecule has 0 aliphatic heterocycles. The molecule has 15 heavy (non-hydrogen) atoms. The van der Waals surface area contributed by atoms with E-state index in [1.165, 1.54) is 12.8 Å². The Balaban J connectivity index is 4.15. The second-order valence-corrected chi connectivity index (χ2v) is 6.20. The van der Waals surface area contributed by atoms with Gasteiger partial charge in [-0.25, -0.2) is 0 Å². The first-order valence-electron chi connectivity index (χ1n) is 6.47. The lowest BCUT2D eigenvalue weighted by atomic mass is 9.72. The van der Waals surface area contributed by atoms with Crippen molar-refractivity contribution in [2.75, 3.05) is 13.6 Å². The molecule has 1 N–H and O–H groups in total. The summed E-state index contributed by atoms with van der Waals surface area (Å²) in [5, 5.41) is 3.30. The smallest absolute Gasteiger partial charge is 0.00235 e. The lowest BCUT2D eigenvalue weighted by Gasteiger charge is -2.34. The van der Waals surface area contributed by atoms with Crippen LogP contribution in [-0.2, 0) is 0 Å². The first-order valence-corrected chi connectivity index (χ1v) is 6.47. The highest BCUT2D eigenvalue weighted by molar-refractivity contribution is 4.77. The lowest BCUT2D eigenvalue weighted by Crippen LogP contribution is -2.28. The molecule has 0 aliphatic rings. The van der Waals surface area contributed by atoms with E-state index in [-0.39, 0.29) is 0 Å². The summed E-state index contributed by atoms with van der Waals surface area (Å²) in [6, 6.07) is 0. The summed E-state index contributed by atoms with van der Waals surface area (Å²) in [5.41, 5.74) is 0.442. The summed E-state index contributed by atoms with van der Waals surface area (Å²) in [5.74, 6) is 2.46. The van der Waals surface area contributed by atoms with Crippen LogP contribution in [-0.4, -0.2) is 13.6 Å². The molecule has 3 atom stereocenters. The van der Waals surface area contributed by atoms with Crippen molar-refractivity contribution < 1.29 is 0 Å². The third-order valence-electron chi connectivity index (χ3n) is 3.99. The molecule has 3 unspecified atom stereocenters. The molecule has 0 spiro atoms. The molecule has 1 nitrogen and oxygen atoms in total. The van der Waals surface area contributed by atoms with Crippen LogP contribution in [0.2, 0.25) is 0 Å². The topological polar surface area (TPSA) is 12.0 Å². The van der Waals surface area contributed by atoms with Crippen molar-refractivity contribution in [2.24, 2.45) is 23.2 Å². The molecular formula is C14H31N. The molecule has 0 aliphatic carbocycles. The molecule has 0 amide bonds. The number of hydrogen-bond acceptors (Lipinski definition) is 1. The van der Waals surface area contributed by atoms with E-state index in [0.29, 0.717) is 5.41 Å². The molecule has 0 saturated carbocycles. The third kappa shape index (κ3) is 5.55. The number of nitrogens with one attached hydrogen (secondary N) is 1. The quantitative estimate of drug-likeness (QED) is 0.704. The highest BCUT2D eigenvalue weighted by Gasteiger charge is 2.26. The third-order valence-corrected chi connectivity index (χ3v) is 3.99. The fourth-order valence-electron chi connectivity index (χ4n) is 2.27. The molecule has 0 rings (SSSR count). The zero-order chi connectivity index (χ0) is 12.1. The summed E-state index contributed by atoms with van der Waals surface area (Å²) < 4.78 is 0. The van der Waals surface area contributed by atoms with Crippen molar-refractivity contribution in [1.82, 2.24) is 5.32 Å². The molecule has 0 aromatic heterocycles. The molecule has 0 bridgehead atoms. The normalized spacial score (nSPS) is 18.6. The second-order valence-electron chi connectivity index (χ2n) is 6.20. The highest BCUT2D eigenvalue weighted by Crippen LogP contribution is 2.34. The Morgan fingerprint density at radius 2 is 1.67 bits per heavy atom. The molecular weight excluding hydrogens is 182 g/mol. The van der Waals surface area contributed by atoms with E-state index in [2.05, 4.69) is 53.9 Å². The zero-order valence-corrected chi connectivity index (χ0v) is 11.9. The van der Waals surface area contributed by atoms with Crippen LogP contribution in [0.25, 0.3) is 0 Å². The van der Waals surface area contributed by atoms with E-state index in [1.807, 2.05) is 0 Å². The van der Waals surface area contributed by atoms with E-state index in [9.17, 15) is 0 Å². The highest BCUT2D eigenvalue weighted by atomic mass is 14.8. The number of rotatable bonds is 6. The summed E-state index contributed by atoms with van der Waals surface area (Å²) in [6.07, 6.45) is 2.65. The minimum absolute atomic E-state index is 0.442. The van der Waals surface area contributed by atoms with Gasteiger partial charge in [-0.15, -0.1) is 0 Å². The first-order chi connectivity index (χ1) is 6.82. The van der Waals surface area contributed by atoms with E-state index in [1.54, 1.807) is 0 Å². The minimum atomic E-state index is 0.442. The Labute approximate surface area is 97.0 Å². The van der Waals surface area contributed by atoms with Gasteiger partial charge in [0.2, 0.25) is 0 Å². The molecule has 1 heteroatoms. The van der Waals surface area contributed by atoms with Crippen molar-refractivity contribution >= 4 is 0 Å². The van der Waals surface area contributed by atoms with E-state index >= 15 is 0 Å². The maximum atomic E-state index is 3.30. The van der Waals surface area contributed by atoms with Crippen molar-refractivity contribution in [2.45, 2.75) is 54.4 Å². The Bertz CT molecular complexity index is 157. The van der Waals surface area contributed by atoms with Gasteiger partial charge in [0.1, 0.15) is 0 Å². The Kier molecular flexibility index (Phi) is 6.51. The molecule has 92 valence electrons. The maximum Gasteiger partial charge on any atom is -0.00235 e. The molecule has 0 radical (unpaired) electrons. The van der Waals surface area contributed by atoms with Crippen molar-refractivity contribution in [1.29, 1.82) is 0 Å². The van der Waals surface area contributed by atoms with E-state index in [0.717, 1.165) is 24.3 Å². The van der Waals surface area contributed by atoms with Crippen LogP contribution < -0.4 is 5.32 Å². The van der Waals surface area contributed by atoms with E-state index < -0.39 is 0 Å². The van der Waals surface area contributed by atoms with Crippen molar-refractivity contribution in [3.63, 3.8) is 0 Å². The van der Waals surface area contributed by atoms with Gasteiger partial charge in [-0.1, -0.05) is 48.0 Å². The number of hydrogen-bond donors (Lipinski definition) is 1. The average Bonchev–Trinajstić information content (AvgIpc) is 2.14. The largest absolute Gasteiger partial charge is 0.319 e. The van der Waals surface area contributed by atoms with Gasteiger partial charge in [0.25, 0.3) is 0 Å². The first kappa shape index (κ1) is 15.0. The molecule has 0 aromatic rings. The van der Waals surface area contributed by atoms with Crippen molar-refractivity contribution in [3.8, 4) is 0 Å². The molecule has 0 fully saturated rings. The fourth-order valence-corrected chi connectivity index (χ4v) is 2.27. The van der Waals surface area contributed by atoms with Crippen LogP contribution in [0.15, 0.2) is 0 Å². The maximum absolute atomic E-state index is 3.30. The fraction of sp³-hybridized carbons (Fsp3) is 1.00. The van der Waals surface area contributed by atoms with Crippen LogP contribution >= 0.6 is 0 Å². The Hall–Kier alpha value is -0.0400.